The molecule has 2 rings (SSSR count). The summed E-state index contributed by atoms with van der Waals surface area (Å²) in [6.07, 6.45) is 8.79. The number of carbonyl (C=O) groups is 1. The molecule has 2 aliphatic heterocycles. The summed E-state index contributed by atoms with van der Waals surface area (Å²) < 4.78 is 0. The van der Waals surface area contributed by atoms with Gasteiger partial charge in [0.15, 0.2) is 0 Å². The Hall–Kier alpha value is -0.830. The van der Waals surface area contributed by atoms with E-state index in [0.717, 1.165) is 26.1 Å². The first-order chi connectivity index (χ1) is 7.79. The van der Waals surface area contributed by atoms with Crippen LogP contribution in [-0.2, 0) is 4.79 Å². The van der Waals surface area contributed by atoms with Gasteiger partial charge in [0.2, 0.25) is 5.91 Å². The molecule has 1 saturated heterocycles. The van der Waals surface area contributed by atoms with E-state index >= 15 is 0 Å². The van der Waals surface area contributed by atoms with E-state index in [9.17, 15) is 4.79 Å². The molecule has 0 spiro atoms. The maximum atomic E-state index is 12.4. The lowest BCUT2D eigenvalue weighted by molar-refractivity contribution is -0.137. The Morgan fingerprint density at radius 1 is 1.25 bits per heavy atom. The van der Waals surface area contributed by atoms with Crippen molar-refractivity contribution < 1.29 is 4.79 Å². The van der Waals surface area contributed by atoms with Gasteiger partial charge in [-0.25, -0.2) is 0 Å². The van der Waals surface area contributed by atoms with E-state index in [4.69, 9.17) is 0 Å². The SMILES string of the molecule is C[C@@H]1NCC=CC[C@H]1C(=O)N1CCCCC1. The van der Waals surface area contributed by atoms with Crippen molar-refractivity contribution in [3.05, 3.63) is 12.2 Å². The molecule has 16 heavy (non-hydrogen) atoms. The second-order valence-corrected chi connectivity index (χ2v) is 4.90. The molecular weight excluding hydrogens is 200 g/mol. The van der Waals surface area contributed by atoms with E-state index in [1.807, 2.05) is 0 Å². The Morgan fingerprint density at radius 3 is 2.75 bits per heavy atom. The monoisotopic (exact) mass is 222 g/mol. The van der Waals surface area contributed by atoms with E-state index in [-0.39, 0.29) is 5.92 Å². The first-order valence-corrected chi connectivity index (χ1v) is 6.46. The topological polar surface area (TPSA) is 32.3 Å². The lowest BCUT2D eigenvalue weighted by Gasteiger charge is -2.32. The van der Waals surface area contributed by atoms with Crippen molar-refractivity contribution in [2.45, 2.75) is 38.6 Å². The molecule has 0 radical (unpaired) electrons. The molecule has 0 saturated carbocycles. The van der Waals surface area contributed by atoms with Gasteiger partial charge in [-0.1, -0.05) is 12.2 Å². The normalized spacial score (nSPS) is 31.2. The van der Waals surface area contributed by atoms with Gasteiger partial charge in [-0.2, -0.15) is 0 Å². The molecule has 1 amide bonds. The van der Waals surface area contributed by atoms with E-state index in [0.29, 0.717) is 11.9 Å². The predicted molar refractivity (Wildman–Crippen MR) is 65.1 cm³/mol. The third-order valence-corrected chi connectivity index (χ3v) is 3.70. The number of hydrogen-bond acceptors (Lipinski definition) is 2. The van der Waals surface area contributed by atoms with Gasteiger partial charge in [-0.15, -0.1) is 0 Å². The van der Waals surface area contributed by atoms with Crippen LogP contribution in [0, 0.1) is 5.92 Å². The van der Waals surface area contributed by atoms with Crippen LogP contribution in [0.2, 0.25) is 0 Å². The van der Waals surface area contributed by atoms with Gasteiger partial charge in [-0.3, -0.25) is 4.79 Å². The minimum Gasteiger partial charge on any atom is -0.342 e. The van der Waals surface area contributed by atoms with E-state index in [1.54, 1.807) is 0 Å². The highest BCUT2D eigenvalue weighted by Gasteiger charge is 2.29. The highest BCUT2D eigenvalue weighted by molar-refractivity contribution is 5.79. The zero-order valence-electron chi connectivity index (χ0n) is 10.1. The smallest absolute Gasteiger partial charge is 0.227 e. The van der Waals surface area contributed by atoms with Crippen molar-refractivity contribution >= 4 is 5.91 Å². The molecule has 0 aromatic rings. The fourth-order valence-corrected chi connectivity index (χ4v) is 2.59. The Balaban J connectivity index is 1.98. The first kappa shape index (κ1) is 11.6. The van der Waals surface area contributed by atoms with Crippen LogP contribution < -0.4 is 5.32 Å². The minimum absolute atomic E-state index is 0.136. The van der Waals surface area contributed by atoms with Gasteiger partial charge in [0, 0.05) is 25.7 Å². The summed E-state index contributed by atoms with van der Waals surface area (Å²) in [6, 6.07) is 0.296. The highest BCUT2D eigenvalue weighted by Crippen LogP contribution is 2.19. The van der Waals surface area contributed by atoms with Gasteiger partial charge in [0.1, 0.15) is 0 Å². The molecule has 3 nitrogen and oxygen atoms in total. The summed E-state index contributed by atoms with van der Waals surface area (Å²) in [4.78, 5) is 14.4. The van der Waals surface area contributed by atoms with Crippen LogP contribution in [0.3, 0.4) is 0 Å². The summed E-state index contributed by atoms with van der Waals surface area (Å²) in [5.74, 6) is 0.489. The number of rotatable bonds is 1. The molecule has 0 unspecified atom stereocenters. The predicted octanol–water partition coefficient (Wildman–Crippen LogP) is 1.55. The molecule has 0 aromatic carbocycles. The van der Waals surface area contributed by atoms with Gasteiger partial charge >= 0.3 is 0 Å². The second kappa shape index (κ2) is 5.48. The summed E-state index contributed by atoms with van der Waals surface area (Å²) in [7, 11) is 0. The lowest BCUT2D eigenvalue weighted by Crippen LogP contribution is -2.46. The Morgan fingerprint density at radius 2 is 2.00 bits per heavy atom. The van der Waals surface area contributed by atoms with Crippen molar-refractivity contribution in [1.82, 2.24) is 10.2 Å². The summed E-state index contributed by atoms with van der Waals surface area (Å²) in [6.45, 7) is 4.95. The van der Waals surface area contributed by atoms with Crippen LogP contribution >= 0.6 is 0 Å². The van der Waals surface area contributed by atoms with Crippen molar-refractivity contribution in [3.63, 3.8) is 0 Å². The van der Waals surface area contributed by atoms with Gasteiger partial charge in [0.05, 0.1) is 5.92 Å². The zero-order valence-corrected chi connectivity index (χ0v) is 10.1. The number of allylic oxidation sites excluding steroid dienone is 1. The van der Waals surface area contributed by atoms with Crippen molar-refractivity contribution in [3.8, 4) is 0 Å². The van der Waals surface area contributed by atoms with Crippen LogP contribution in [0.15, 0.2) is 12.2 Å². The highest BCUT2D eigenvalue weighted by atomic mass is 16.2. The number of piperidine rings is 1. The number of nitrogens with one attached hydrogen (secondary N) is 1. The van der Waals surface area contributed by atoms with E-state index in [1.165, 1.54) is 19.3 Å². The number of likely N-dealkylation sites (tertiary alicyclic amines) is 1. The van der Waals surface area contributed by atoms with Crippen LogP contribution in [0.5, 0.6) is 0 Å². The molecule has 2 aliphatic rings. The largest absolute Gasteiger partial charge is 0.342 e. The molecule has 0 bridgehead atoms. The van der Waals surface area contributed by atoms with Crippen LogP contribution in [0.25, 0.3) is 0 Å². The molecular formula is C13H22N2O. The van der Waals surface area contributed by atoms with E-state index in [2.05, 4.69) is 29.3 Å². The van der Waals surface area contributed by atoms with Gasteiger partial charge < -0.3 is 10.2 Å². The Labute approximate surface area is 97.9 Å². The molecule has 1 fully saturated rings. The Kier molecular flexibility index (Phi) is 3.99. The molecule has 2 heterocycles. The third-order valence-electron chi connectivity index (χ3n) is 3.70. The number of carbonyl (C=O) groups excluding carboxylic acids is 1. The zero-order chi connectivity index (χ0) is 11.4. The molecule has 2 atom stereocenters. The minimum atomic E-state index is 0.136. The third kappa shape index (κ3) is 2.64. The summed E-state index contributed by atoms with van der Waals surface area (Å²) in [5, 5.41) is 3.38. The van der Waals surface area contributed by atoms with E-state index < -0.39 is 0 Å². The number of amides is 1. The van der Waals surface area contributed by atoms with Crippen molar-refractivity contribution in [1.29, 1.82) is 0 Å². The molecule has 90 valence electrons. The molecule has 0 aliphatic carbocycles. The van der Waals surface area contributed by atoms with Crippen LogP contribution in [0.1, 0.15) is 32.6 Å². The number of hydrogen-bond donors (Lipinski definition) is 1. The van der Waals surface area contributed by atoms with Crippen molar-refractivity contribution in [2.24, 2.45) is 5.92 Å². The van der Waals surface area contributed by atoms with Gasteiger partial charge in [0.25, 0.3) is 0 Å². The average Bonchev–Trinajstić information content (AvgIpc) is 2.54. The average molecular weight is 222 g/mol. The number of nitrogens with zero attached hydrogens (tertiary/aromatic N) is 1. The molecule has 0 aromatic heterocycles. The fraction of sp³-hybridized carbons (Fsp3) is 0.769. The lowest BCUT2D eigenvalue weighted by atomic mass is 9.95. The summed E-state index contributed by atoms with van der Waals surface area (Å²) in [5.41, 5.74) is 0. The molecule has 1 N–H and O–H groups in total. The van der Waals surface area contributed by atoms with Crippen LogP contribution in [0.4, 0.5) is 0 Å². The van der Waals surface area contributed by atoms with Gasteiger partial charge in [-0.05, 0) is 32.6 Å². The first-order valence-electron chi connectivity index (χ1n) is 6.46. The van der Waals surface area contributed by atoms with Crippen LogP contribution in [-0.4, -0.2) is 36.5 Å². The van der Waals surface area contributed by atoms with Crippen molar-refractivity contribution in [2.75, 3.05) is 19.6 Å². The maximum Gasteiger partial charge on any atom is 0.227 e. The quantitative estimate of drug-likeness (QED) is 0.683. The summed E-state index contributed by atoms with van der Waals surface area (Å²) >= 11 is 0. The Bertz CT molecular complexity index is 269. The maximum absolute atomic E-state index is 12.4. The molecule has 3 heteroatoms. The second-order valence-electron chi connectivity index (χ2n) is 4.90. The standard InChI is InChI=1S/C13H22N2O/c1-11-12(7-3-4-8-14-11)13(16)15-9-5-2-6-10-15/h3-4,11-12,14H,2,5-10H2,1H3/t11-,12+/m0/s1. The fourth-order valence-electron chi connectivity index (χ4n) is 2.59.